The smallest absolute Gasteiger partial charge is 0.255 e. The molecule has 1 aromatic heterocycles. The molecular weight excluding hydrogens is 350 g/mol. The van der Waals surface area contributed by atoms with Crippen LogP contribution in [0.15, 0.2) is 67.0 Å². The average Bonchev–Trinajstić information content (AvgIpc) is 3.17. The predicted octanol–water partition coefficient (Wildman–Crippen LogP) is 3.12. The van der Waals surface area contributed by atoms with Gasteiger partial charge >= 0.3 is 0 Å². The van der Waals surface area contributed by atoms with Crippen LogP contribution in [0.4, 0.5) is 17.1 Å². The van der Waals surface area contributed by atoms with E-state index in [1.165, 1.54) is 0 Å². The summed E-state index contributed by atoms with van der Waals surface area (Å²) in [6, 6.07) is 17.2. The maximum absolute atomic E-state index is 12.7. The number of aromatic nitrogens is 1. The SMILES string of the molecule is Nc1ccc(-c2ccncc2)cc1NC(=O)c1ccc(N2CCC(N)C2)cc1. The van der Waals surface area contributed by atoms with Gasteiger partial charge in [0.15, 0.2) is 0 Å². The number of hydrogen-bond donors (Lipinski definition) is 3. The quantitative estimate of drug-likeness (QED) is 0.611. The van der Waals surface area contributed by atoms with E-state index in [-0.39, 0.29) is 11.9 Å². The van der Waals surface area contributed by atoms with E-state index in [4.69, 9.17) is 11.5 Å². The summed E-state index contributed by atoms with van der Waals surface area (Å²) >= 11 is 0. The molecule has 0 radical (unpaired) electrons. The molecule has 1 unspecified atom stereocenters. The van der Waals surface area contributed by atoms with Crippen LogP contribution in [-0.4, -0.2) is 30.0 Å². The number of rotatable bonds is 4. The Bertz CT molecular complexity index is 972. The number of hydrogen-bond acceptors (Lipinski definition) is 5. The van der Waals surface area contributed by atoms with Gasteiger partial charge in [-0.1, -0.05) is 6.07 Å². The van der Waals surface area contributed by atoms with Crippen molar-refractivity contribution in [3.05, 3.63) is 72.6 Å². The minimum absolute atomic E-state index is 0.191. The molecule has 0 bridgehead atoms. The maximum Gasteiger partial charge on any atom is 0.255 e. The number of nitrogens with one attached hydrogen (secondary N) is 1. The van der Waals surface area contributed by atoms with Gasteiger partial charge in [-0.2, -0.15) is 0 Å². The summed E-state index contributed by atoms with van der Waals surface area (Å²) in [6.07, 6.45) is 4.47. The van der Waals surface area contributed by atoms with Crippen LogP contribution in [0.5, 0.6) is 0 Å². The predicted molar refractivity (Wildman–Crippen MR) is 113 cm³/mol. The molecule has 4 rings (SSSR count). The largest absolute Gasteiger partial charge is 0.397 e. The van der Waals surface area contributed by atoms with Crippen LogP contribution in [0.25, 0.3) is 11.1 Å². The van der Waals surface area contributed by atoms with Gasteiger partial charge in [0.05, 0.1) is 11.4 Å². The second-order valence-electron chi connectivity index (χ2n) is 7.03. The summed E-state index contributed by atoms with van der Waals surface area (Å²) in [6.45, 7) is 1.80. The van der Waals surface area contributed by atoms with E-state index < -0.39 is 0 Å². The first kappa shape index (κ1) is 18.0. The number of benzene rings is 2. The van der Waals surface area contributed by atoms with Gasteiger partial charge in [-0.25, -0.2) is 0 Å². The van der Waals surface area contributed by atoms with Crippen molar-refractivity contribution in [3.8, 4) is 11.1 Å². The molecule has 1 saturated heterocycles. The van der Waals surface area contributed by atoms with E-state index >= 15 is 0 Å². The van der Waals surface area contributed by atoms with E-state index in [9.17, 15) is 4.79 Å². The third-order valence-corrected chi connectivity index (χ3v) is 5.03. The molecule has 1 amide bonds. The summed E-state index contributed by atoms with van der Waals surface area (Å²) in [4.78, 5) is 19.0. The van der Waals surface area contributed by atoms with Crippen LogP contribution in [0.1, 0.15) is 16.8 Å². The van der Waals surface area contributed by atoms with Crippen molar-refractivity contribution >= 4 is 23.0 Å². The lowest BCUT2D eigenvalue weighted by atomic mass is 10.1. The van der Waals surface area contributed by atoms with Crippen molar-refractivity contribution in [1.29, 1.82) is 0 Å². The molecule has 1 aliphatic heterocycles. The van der Waals surface area contributed by atoms with Crippen molar-refractivity contribution < 1.29 is 4.79 Å². The van der Waals surface area contributed by atoms with Gasteiger partial charge in [-0.15, -0.1) is 0 Å². The van der Waals surface area contributed by atoms with E-state index in [0.717, 1.165) is 36.3 Å². The summed E-state index contributed by atoms with van der Waals surface area (Å²) in [5.41, 5.74) is 16.8. The topological polar surface area (TPSA) is 97.3 Å². The lowest BCUT2D eigenvalue weighted by Gasteiger charge is -2.18. The highest BCUT2D eigenvalue weighted by atomic mass is 16.1. The molecule has 6 heteroatoms. The van der Waals surface area contributed by atoms with E-state index in [0.29, 0.717) is 16.9 Å². The fourth-order valence-corrected chi connectivity index (χ4v) is 3.43. The van der Waals surface area contributed by atoms with Crippen LogP contribution in [0, 0.1) is 0 Å². The summed E-state index contributed by atoms with van der Waals surface area (Å²) in [5.74, 6) is -0.191. The van der Waals surface area contributed by atoms with Crippen LogP contribution in [0.2, 0.25) is 0 Å². The van der Waals surface area contributed by atoms with Gasteiger partial charge in [0.25, 0.3) is 5.91 Å². The minimum atomic E-state index is -0.191. The van der Waals surface area contributed by atoms with Gasteiger partial charge in [-0.05, 0) is 66.1 Å². The highest BCUT2D eigenvalue weighted by Gasteiger charge is 2.19. The molecule has 1 atom stereocenters. The zero-order chi connectivity index (χ0) is 19.5. The Balaban J connectivity index is 1.50. The third kappa shape index (κ3) is 3.82. The lowest BCUT2D eigenvalue weighted by molar-refractivity contribution is 0.102. The zero-order valence-corrected chi connectivity index (χ0v) is 15.5. The first-order valence-corrected chi connectivity index (χ1v) is 9.32. The van der Waals surface area contributed by atoms with Gasteiger partial charge in [0.2, 0.25) is 0 Å². The minimum Gasteiger partial charge on any atom is -0.397 e. The highest BCUT2D eigenvalue weighted by Crippen LogP contribution is 2.27. The van der Waals surface area contributed by atoms with E-state index in [2.05, 4.69) is 15.2 Å². The zero-order valence-electron chi connectivity index (χ0n) is 15.5. The molecule has 6 nitrogen and oxygen atoms in total. The van der Waals surface area contributed by atoms with Crippen LogP contribution < -0.4 is 21.7 Å². The van der Waals surface area contributed by atoms with Crippen LogP contribution >= 0.6 is 0 Å². The molecule has 1 aliphatic rings. The van der Waals surface area contributed by atoms with Crippen molar-refractivity contribution in [3.63, 3.8) is 0 Å². The lowest BCUT2D eigenvalue weighted by Crippen LogP contribution is -2.26. The maximum atomic E-state index is 12.7. The normalized spacial score (nSPS) is 16.2. The third-order valence-electron chi connectivity index (χ3n) is 5.03. The summed E-state index contributed by atoms with van der Waals surface area (Å²) in [7, 11) is 0. The molecule has 2 aromatic carbocycles. The number of nitrogens with zero attached hydrogens (tertiary/aromatic N) is 2. The van der Waals surface area contributed by atoms with Crippen molar-refractivity contribution in [2.75, 3.05) is 29.0 Å². The van der Waals surface area contributed by atoms with Gasteiger partial charge in [-0.3, -0.25) is 9.78 Å². The second kappa shape index (κ2) is 7.70. The molecule has 5 N–H and O–H groups in total. The number of nitrogen functional groups attached to an aromatic ring is 1. The van der Waals surface area contributed by atoms with Crippen molar-refractivity contribution in [2.24, 2.45) is 5.73 Å². The Hall–Kier alpha value is -3.38. The standard InChI is InChI=1S/C22H23N5O/c23-18-9-12-27(14-18)19-4-1-16(2-5-19)22(28)26-21-13-17(3-6-20(21)24)15-7-10-25-11-8-15/h1-8,10-11,13,18H,9,12,14,23-24H2,(H,26,28). The molecule has 2 heterocycles. The number of pyridine rings is 1. The van der Waals surface area contributed by atoms with Crippen LogP contribution in [0.3, 0.4) is 0 Å². The molecule has 0 saturated carbocycles. The Morgan fingerprint density at radius 2 is 1.79 bits per heavy atom. The monoisotopic (exact) mass is 373 g/mol. The molecular formula is C22H23N5O. The van der Waals surface area contributed by atoms with Crippen molar-refractivity contribution in [2.45, 2.75) is 12.5 Å². The number of nitrogens with two attached hydrogens (primary N) is 2. The van der Waals surface area contributed by atoms with Gasteiger partial charge in [0, 0.05) is 42.8 Å². The molecule has 28 heavy (non-hydrogen) atoms. The molecule has 0 spiro atoms. The molecule has 3 aromatic rings. The number of amides is 1. The molecule has 142 valence electrons. The van der Waals surface area contributed by atoms with Crippen molar-refractivity contribution in [1.82, 2.24) is 4.98 Å². The van der Waals surface area contributed by atoms with Gasteiger partial charge < -0.3 is 21.7 Å². The summed E-state index contributed by atoms with van der Waals surface area (Å²) in [5, 5.41) is 2.92. The first-order chi connectivity index (χ1) is 13.6. The Labute approximate surface area is 164 Å². The van der Waals surface area contributed by atoms with E-state index in [1.54, 1.807) is 18.5 Å². The van der Waals surface area contributed by atoms with Crippen LogP contribution in [-0.2, 0) is 0 Å². The van der Waals surface area contributed by atoms with E-state index in [1.807, 2.05) is 48.5 Å². The molecule has 1 fully saturated rings. The Morgan fingerprint density at radius 1 is 1.04 bits per heavy atom. The Morgan fingerprint density at radius 3 is 2.46 bits per heavy atom. The number of anilines is 3. The first-order valence-electron chi connectivity index (χ1n) is 9.32. The Kier molecular flexibility index (Phi) is 4.95. The van der Waals surface area contributed by atoms with Gasteiger partial charge in [0.1, 0.15) is 0 Å². The fraction of sp³-hybridized carbons (Fsp3) is 0.182. The summed E-state index contributed by atoms with van der Waals surface area (Å²) < 4.78 is 0. The number of carbonyl (C=O) groups is 1. The highest BCUT2D eigenvalue weighted by molar-refractivity contribution is 6.06. The average molecular weight is 373 g/mol. The second-order valence-corrected chi connectivity index (χ2v) is 7.03. The number of carbonyl (C=O) groups excluding carboxylic acids is 1. The fourth-order valence-electron chi connectivity index (χ4n) is 3.43. The molecule has 0 aliphatic carbocycles.